The van der Waals surface area contributed by atoms with Crippen molar-refractivity contribution < 1.29 is 13.2 Å². The summed E-state index contributed by atoms with van der Waals surface area (Å²) in [4.78, 5) is 6.45. The first-order valence-corrected chi connectivity index (χ1v) is 9.75. The highest BCUT2D eigenvalue weighted by atomic mass is 32.2. The van der Waals surface area contributed by atoms with Crippen molar-refractivity contribution in [2.75, 3.05) is 55.3 Å². The Labute approximate surface area is 154 Å². The third-order valence-electron chi connectivity index (χ3n) is 4.01. The van der Waals surface area contributed by atoms with Gasteiger partial charge in [0, 0.05) is 27.2 Å². The summed E-state index contributed by atoms with van der Waals surface area (Å²) >= 11 is 0. The van der Waals surface area contributed by atoms with Crippen LogP contribution < -0.4 is 14.9 Å². The van der Waals surface area contributed by atoms with Crippen LogP contribution in [0.1, 0.15) is 0 Å². The van der Waals surface area contributed by atoms with Gasteiger partial charge in [-0.25, -0.2) is 4.98 Å². The van der Waals surface area contributed by atoms with E-state index in [1.54, 1.807) is 18.3 Å². The van der Waals surface area contributed by atoms with Crippen molar-refractivity contribution in [1.29, 1.82) is 0 Å². The molecule has 2 heterocycles. The van der Waals surface area contributed by atoms with E-state index in [-0.39, 0.29) is 5.82 Å². The molecule has 0 aliphatic carbocycles. The Kier molecular flexibility index (Phi) is 5.60. The summed E-state index contributed by atoms with van der Waals surface area (Å²) in [5.74, 6) is 0.269. The van der Waals surface area contributed by atoms with Gasteiger partial charge in [0.25, 0.3) is 0 Å². The predicted molar refractivity (Wildman–Crippen MR) is 103 cm³/mol. The molecule has 0 spiro atoms. The second kappa shape index (κ2) is 7.90. The normalized spacial score (nSPS) is 15.1. The van der Waals surface area contributed by atoms with Crippen LogP contribution in [0.4, 0.5) is 22.9 Å². The molecule has 140 valence electrons. The fourth-order valence-corrected chi connectivity index (χ4v) is 3.13. The van der Waals surface area contributed by atoms with E-state index in [1.807, 2.05) is 18.2 Å². The topological polar surface area (TPSA) is 86.8 Å². The Morgan fingerprint density at radius 2 is 1.85 bits per heavy atom. The molecular formula is C17H23N5O3S. The van der Waals surface area contributed by atoms with Crippen molar-refractivity contribution in [2.45, 2.75) is 0 Å². The molecule has 9 heteroatoms. The molecule has 3 rings (SSSR count). The first kappa shape index (κ1) is 18.4. The Bertz CT molecular complexity index is 834. The zero-order valence-corrected chi connectivity index (χ0v) is 15.7. The van der Waals surface area contributed by atoms with E-state index in [4.69, 9.17) is 4.74 Å². The van der Waals surface area contributed by atoms with Crippen molar-refractivity contribution in [3.8, 4) is 0 Å². The molecule has 0 atom stereocenters. The van der Waals surface area contributed by atoms with Crippen molar-refractivity contribution in [3.05, 3.63) is 42.6 Å². The van der Waals surface area contributed by atoms with Gasteiger partial charge in [-0.2, -0.15) is 12.7 Å². The number of hydrogen-bond acceptors (Lipinski definition) is 6. The Morgan fingerprint density at radius 3 is 2.50 bits per heavy atom. The van der Waals surface area contributed by atoms with Gasteiger partial charge in [0.05, 0.1) is 36.5 Å². The van der Waals surface area contributed by atoms with Crippen molar-refractivity contribution in [3.63, 3.8) is 0 Å². The van der Waals surface area contributed by atoms with E-state index >= 15 is 0 Å². The number of para-hydroxylation sites is 2. The molecule has 0 amide bonds. The summed E-state index contributed by atoms with van der Waals surface area (Å²) in [5, 5.41) is 3.35. The van der Waals surface area contributed by atoms with Crippen LogP contribution in [0.2, 0.25) is 0 Å². The summed E-state index contributed by atoms with van der Waals surface area (Å²) in [6, 6.07) is 11.5. The first-order chi connectivity index (χ1) is 12.5. The molecule has 2 N–H and O–H groups in total. The summed E-state index contributed by atoms with van der Waals surface area (Å²) in [6.45, 7) is 3.14. The zero-order valence-electron chi connectivity index (χ0n) is 14.8. The molecule has 8 nitrogen and oxygen atoms in total. The van der Waals surface area contributed by atoms with Gasteiger partial charge in [0.1, 0.15) is 5.82 Å². The second-order valence-corrected chi connectivity index (χ2v) is 7.95. The maximum Gasteiger partial charge on any atom is 0.302 e. The van der Waals surface area contributed by atoms with Gasteiger partial charge in [-0.05, 0) is 24.3 Å². The van der Waals surface area contributed by atoms with E-state index < -0.39 is 10.2 Å². The molecule has 0 radical (unpaired) electrons. The van der Waals surface area contributed by atoms with Crippen LogP contribution in [0, 0.1) is 0 Å². The third kappa shape index (κ3) is 4.43. The van der Waals surface area contributed by atoms with Gasteiger partial charge in [0.15, 0.2) is 0 Å². The van der Waals surface area contributed by atoms with Gasteiger partial charge in [-0.15, -0.1) is 0 Å². The minimum Gasteiger partial charge on any atom is -0.378 e. The van der Waals surface area contributed by atoms with E-state index in [2.05, 4.69) is 26.0 Å². The Balaban J connectivity index is 1.74. The number of rotatable bonds is 6. The number of nitrogens with zero attached hydrogens (tertiary/aromatic N) is 3. The molecule has 1 aliphatic heterocycles. The quantitative estimate of drug-likeness (QED) is 0.799. The lowest BCUT2D eigenvalue weighted by molar-refractivity contribution is 0.123. The molecule has 0 bridgehead atoms. The van der Waals surface area contributed by atoms with Crippen LogP contribution in [0.3, 0.4) is 0 Å². The first-order valence-electron chi connectivity index (χ1n) is 8.31. The highest BCUT2D eigenvalue weighted by Crippen LogP contribution is 2.29. The molecule has 0 unspecified atom stereocenters. The largest absolute Gasteiger partial charge is 0.378 e. The minimum absolute atomic E-state index is 0.269. The van der Waals surface area contributed by atoms with Crippen molar-refractivity contribution in [2.24, 2.45) is 0 Å². The molecule has 1 aliphatic rings. The van der Waals surface area contributed by atoms with E-state index in [0.29, 0.717) is 0 Å². The number of nitrogens with one attached hydrogen (secondary N) is 2. The fraction of sp³-hybridized carbons (Fsp3) is 0.353. The lowest BCUT2D eigenvalue weighted by atomic mass is 10.2. The summed E-state index contributed by atoms with van der Waals surface area (Å²) in [7, 11) is -0.644. The predicted octanol–water partition coefficient (Wildman–Crippen LogP) is 1.88. The number of anilines is 4. The Morgan fingerprint density at radius 1 is 1.12 bits per heavy atom. The molecular weight excluding hydrogens is 354 g/mol. The number of morpholine rings is 1. The standard InChI is InChI=1S/C17H23N5O3S/c1-21(2)26(23,24)20-17-8-7-14(13-18-17)19-15-5-3-4-6-16(15)22-9-11-25-12-10-22/h3-8,13,19H,9-12H2,1-2H3,(H,18,20). The van der Waals surface area contributed by atoms with Crippen LogP contribution in [0.5, 0.6) is 0 Å². The van der Waals surface area contributed by atoms with Gasteiger partial charge >= 0.3 is 10.2 Å². The van der Waals surface area contributed by atoms with Gasteiger partial charge < -0.3 is 15.0 Å². The highest BCUT2D eigenvalue weighted by Gasteiger charge is 2.15. The second-order valence-electron chi connectivity index (χ2n) is 6.06. The van der Waals surface area contributed by atoms with Crippen LogP contribution in [-0.2, 0) is 14.9 Å². The number of aromatic nitrogens is 1. The van der Waals surface area contributed by atoms with E-state index in [1.165, 1.54) is 14.1 Å². The molecule has 26 heavy (non-hydrogen) atoms. The average Bonchev–Trinajstić information content (AvgIpc) is 2.64. The maximum absolute atomic E-state index is 11.8. The number of pyridine rings is 1. The lowest BCUT2D eigenvalue weighted by Gasteiger charge is -2.30. The fourth-order valence-electron chi connectivity index (χ4n) is 2.57. The van der Waals surface area contributed by atoms with Crippen LogP contribution in [0.25, 0.3) is 0 Å². The van der Waals surface area contributed by atoms with Crippen LogP contribution >= 0.6 is 0 Å². The van der Waals surface area contributed by atoms with Crippen LogP contribution in [-0.4, -0.2) is 58.1 Å². The maximum atomic E-state index is 11.8. The zero-order chi connectivity index (χ0) is 18.6. The van der Waals surface area contributed by atoms with Crippen molar-refractivity contribution in [1.82, 2.24) is 9.29 Å². The summed E-state index contributed by atoms with van der Waals surface area (Å²) in [6.07, 6.45) is 1.60. The molecule has 0 saturated carbocycles. The Hall–Kier alpha value is -2.36. The van der Waals surface area contributed by atoms with Gasteiger partial charge in [0.2, 0.25) is 0 Å². The smallest absolute Gasteiger partial charge is 0.302 e. The lowest BCUT2D eigenvalue weighted by Crippen LogP contribution is -2.36. The molecule has 2 aromatic rings. The number of benzene rings is 1. The van der Waals surface area contributed by atoms with Crippen LogP contribution in [0.15, 0.2) is 42.6 Å². The van der Waals surface area contributed by atoms with Crippen molar-refractivity contribution >= 4 is 33.1 Å². The van der Waals surface area contributed by atoms with Gasteiger partial charge in [-0.3, -0.25) is 4.72 Å². The molecule has 1 aromatic carbocycles. The third-order valence-corrected chi connectivity index (χ3v) is 5.44. The average molecular weight is 377 g/mol. The van der Waals surface area contributed by atoms with E-state index in [9.17, 15) is 8.42 Å². The van der Waals surface area contributed by atoms with Gasteiger partial charge in [-0.1, -0.05) is 12.1 Å². The summed E-state index contributed by atoms with van der Waals surface area (Å²) < 4.78 is 32.6. The number of hydrogen-bond donors (Lipinski definition) is 2. The number of ether oxygens (including phenoxy) is 1. The highest BCUT2D eigenvalue weighted by molar-refractivity contribution is 7.90. The molecule has 1 saturated heterocycles. The van der Waals surface area contributed by atoms with E-state index in [0.717, 1.165) is 47.7 Å². The SMILES string of the molecule is CN(C)S(=O)(=O)Nc1ccc(Nc2ccccc2N2CCOCC2)cn1. The molecule has 1 fully saturated rings. The minimum atomic E-state index is -3.56. The monoisotopic (exact) mass is 377 g/mol. The summed E-state index contributed by atoms with van der Waals surface area (Å²) in [5.41, 5.74) is 2.85. The molecule has 1 aromatic heterocycles.